The molecule has 0 spiro atoms. The molecule has 118 valence electrons. The molecule has 1 aromatic rings. The number of nitrogens with zero attached hydrogens (tertiary/aromatic N) is 2. The summed E-state index contributed by atoms with van der Waals surface area (Å²) in [6, 6.07) is 3.30. The Bertz CT molecular complexity index is 620. The lowest BCUT2D eigenvalue weighted by molar-refractivity contribution is -0.137. The minimum atomic E-state index is 0.0174. The molecule has 0 bridgehead atoms. The molecule has 2 saturated heterocycles. The van der Waals surface area contributed by atoms with Gasteiger partial charge in [-0.1, -0.05) is 29.3 Å². The summed E-state index contributed by atoms with van der Waals surface area (Å²) in [6.07, 6.45) is 2.60. The van der Waals surface area contributed by atoms with Gasteiger partial charge in [0.25, 0.3) is 0 Å². The standard InChI is InChI=1S/C16H18Cl2N2O2/c1-2-5-19-8-11-6-10(7-20(11)14(22)9-19)15-13(21)4-3-12(17)16(15)18/h2-4,10-11,21H,1,5-9H2/t10-,11-/m0/s1. The smallest absolute Gasteiger partial charge is 0.237 e. The van der Waals surface area contributed by atoms with Crippen molar-refractivity contribution >= 4 is 29.1 Å². The normalized spacial score (nSPS) is 25.4. The topological polar surface area (TPSA) is 43.8 Å². The Hall–Kier alpha value is -1.23. The van der Waals surface area contributed by atoms with E-state index in [0.29, 0.717) is 35.2 Å². The highest BCUT2D eigenvalue weighted by Crippen LogP contribution is 2.43. The highest BCUT2D eigenvalue weighted by molar-refractivity contribution is 6.42. The van der Waals surface area contributed by atoms with Crippen LogP contribution in [0, 0.1) is 0 Å². The van der Waals surface area contributed by atoms with Crippen LogP contribution in [0.25, 0.3) is 0 Å². The number of hydrogen-bond donors (Lipinski definition) is 1. The first-order valence-electron chi connectivity index (χ1n) is 7.30. The molecular formula is C16H18Cl2N2O2. The average Bonchev–Trinajstić information content (AvgIpc) is 2.88. The number of amides is 1. The number of halogens is 2. The number of aromatic hydroxyl groups is 1. The Labute approximate surface area is 139 Å². The van der Waals surface area contributed by atoms with E-state index in [1.807, 2.05) is 11.0 Å². The summed E-state index contributed by atoms with van der Waals surface area (Å²) in [5.74, 6) is 0.289. The van der Waals surface area contributed by atoms with Crippen molar-refractivity contribution < 1.29 is 9.90 Å². The first-order valence-corrected chi connectivity index (χ1v) is 8.06. The zero-order valence-electron chi connectivity index (χ0n) is 12.1. The van der Waals surface area contributed by atoms with Crippen molar-refractivity contribution in [2.24, 2.45) is 0 Å². The molecule has 0 aliphatic carbocycles. The minimum absolute atomic E-state index is 0.0174. The SMILES string of the molecule is C=CCN1CC(=O)N2C[C@@H](c3c(O)ccc(Cl)c3Cl)C[C@H]2C1. The Morgan fingerprint density at radius 1 is 1.36 bits per heavy atom. The predicted octanol–water partition coefficient (Wildman–Crippen LogP) is 2.89. The van der Waals surface area contributed by atoms with E-state index in [0.717, 1.165) is 13.0 Å². The summed E-state index contributed by atoms with van der Waals surface area (Å²) in [6.45, 7) is 6.27. The maximum Gasteiger partial charge on any atom is 0.237 e. The number of phenols is 1. The predicted molar refractivity (Wildman–Crippen MR) is 87.6 cm³/mol. The van der Waals surface area contributed by atoms with E-state index in [-0.39, 0.29) is 23.6 Å². The molecule has 3 rings (SSSR count). The lowest BCUT2D eigenvalue weighted by Crippen LogP contribution is -2.53. The molecule has 2 atom stereocenters. The number of piperazine rings is 1. The molecule has 0 saturated carbocycles. The number of hydrogen-bond acceptors (Lipinski definition) is 3. The fourth-order valence-corrected chi connectivity index (χ4v) is 3.99. The number of fused-ring (bicyclic) bond motifs is 1. The van der Waals surface area contributed by atoms with Crippen molar-refractivity contribution in [3.05, 3.63) is 40.4 Å². The van der Waals surface area contributed by atoms with Gasteiger partial charge >= 0.3 is 0 Å². The summed E-state index contributed by atoms with van der Waals surface area (Å²) in [5, 5.41) is 11.0. The molecule has 2 aliphatic rings. The van der Waals surface area contributed by atoms with Gasteiger partial charge in [0, 0.05) is 37.2 Å². The second kappa shape index (κ2) is 6.11. The van der Waals surface area contributed by atoms with Crippen LogP contribution in [0.2, 0.25) is 10.0 Å². The fraction of sp³-hybridized carbons (Fsp3) is 0.438. The van der Waals surface area contributed by atoms with E-state index < -0.39 is 0 Å². The van der Waals surface area contributed by atoms with E-state index in [9.17, 15) is 9.90 Å². The molecule has 2 heterocycles. The number of carbonyl (C=O) groups is 1. The van der Waals surface area contributed by atoms with Gasteiger partial charge < -0.3 is 10.0 Å². The molecule has 2 fully saturated rings. The van der Waals surface area contributed by atoms with Crippen LogP contribution in [0.5, 0.6) is 5.75 Å². The first kappa shape index (κ1) is 15.7. The molecule has 1 aromatic carbocycles. The van der Waals surface area contributed by atoms with Crippen molar-refractivity contribution in [1.82, 2.24) is 9.80 Å². The van der Waals surface area contributed by atoms with Crippen molar-refractivity contribution in [2.75, 3.05) is 26.2 Å². The molecule has 4 nitrogen and oxygen atoms in total. The van der Waals surface area contributed by atoms with Gasteiger partial charge in [-0.05, 0) is 18.6 Å². The Balaban J connectivity index is 1.84. The van der Waals surface area contributed by atoms with Crippen LogP contribution in [0.1, 0.15) is 17.9 Å². The zero-order chi connectivity index (χ0) is 15.9. The highest BCUT2D eigenvalue weighted by atomic mass is 35.5. The second-order valence-electron chi connectivity index (χ2n) is 5.91. The largest absolute Gasteiger partial charge is 0.508 e. The molecule has 6 heteroatoms. The number of carbonyl (C=O) groups excluding carboxylic acids is 1. The van der Waals surface area contributed by atoms with E-state index in [1.54, 1.807) is 12.1 Å². The fourth-order valence-electron chi connectivity index (χ4n) is 3.52. The van der Waals surface area contributed by atoms with Crippen LogP contribution >= 0.6 is 23.2 Å². The summed E-state index contributed by atoms with van der Waals surface area (Å²) in [5.41, 5.74) is 0.659. The van der Waals surface area contributed by atoms with Gasteiger partial charge in [-0.3, -0.25) is 9.69 Å². The minimum Gasteiger partial charge on any atom is -0.508 e. The molecule has 1 N–H and O–H groups in total. The van der Waals surface area contributed by atoms with E-state index in [1.165, 1.54) is 0 Å². The van der Waals surface area contributed by atoms with Gasteiger partial charge in [0.15, 0.2) is 0 Å². The summed E-state index contributed by atoms with van der Waals surface area (Å²) < 4.78 is 0. The van der Waals surface area contributed by atoms with Gasteiger partial charge in [0.1, 0.15) is 5.75 Å². The van der Waals surface area contributed by atoms with Crippen LogP contribution in [-0.4, -0.2) is 53.0 Å². The summed E-state index contributed by atoms with van der Waals surface area (Å²) in [4.78, 5) is 16.3. The number of benzene rings is 1. The quantitative estimate of drug-likeness (QED) is 0.860. The third-order valence-corrected chi connectivity index (χ3v) is 5.29. The lowest BCUT2D eigenvalue weighted by atomic mass is 9.95. The van der Waals surface area contributed by atoms with Crippen LogP contribution < -0.4 is 0 Å². The van der Waals surface area contributed by atoms with Crippen LogP contribution in [0.4, 0.5) is 0 Å². The van der Waals surface area contributed by atoms with Gasteiger partial charge in [-0.2, -0.15) is 0 Å². The van der Waals surface area contributed by atoms with E-state index in [2.05, 4.69) is 11.5 Å². The maximum atomic E-state index is 12.3. The monoisotopic (exact) mass is 340 g/mol. The number of phenolic OH excluding ortho intramolecular Hbond substituents is 1. The molecule has 22 heavy (non-hydrogen) atoms. The molecular weight excluding hydrogens is 323 g/mol. The van der Waals surface area contributed by atoms with Gasteiger partial charge in [-0.25, -0.2) is 0 Å². The summed E-state index contributed by atoms with van der Waals surface area (Å²) >= 11 is 12.3. The average molecular weight is 341 g/mol. The van der Waals surface area contributed by atoms with Gasteiger partial charge in [0.05, 0.1) is 16.6 Å². The Morgan fingerprint density at radius 3 is 2.86 bits per heavy atom. The van der Waals surface area contributed by atoms with Crippen molar-refractivity contribution in [3.63, 3.8) is 0 Å². The third-order valence-electron chi connectivity index (χ3n) is 4.47. The molecule has 0 radical (unpaired) electrons. The lowest BCUT2D eigenvalue weighted by Gasteiger charge is -2.36. The molecule has 2 aliphatic heterocycles. The molecule has 1 amide bonds. The maximum absolute atomic E-state index is 12.3. The van der Waals surface area contributed by atoms with Crippen LogP contribution in [-0.2, 0) is 4.79 Å². The second-order valence-corrected chi connectivity index (χ2v) is 6.69. The van der Waals surface area contributed by atoms with Crippen LogP contribution in [0.3, 0.4) is 0 Å². The van der Waals surface area contributed by atoms with Crippen molar-refractivity contribution in [2.45, 2.75) is 18.4 Å². The van der Waals surface area contributed by atoms with Gasteiger partial charge in [-0.15, -0.1) is 6.58 Å². The molecule has 0 unspecified atom stereocenters. The van der Waals surface area contributed by atoms with Crippen molar-refractivity contribution in [1.29, 1.82) is 0 Å². The third kappa shape index (κ3) is 2.71. The zero-order valence-corrected chi connectivity index (χ0v) is 13.6. The highest BCUT2D eigenvalue weighted by Gasteiger charge is 2.41. The first-order chi connectivity index (χ1) is 10.5. The van der Waals surface area contributed by atoms with E-state index in [4.69, 9.17) is 23.2 Å². The number of rotatable bonds is 3. The van der Waals surface area contributed by atoms with Gasteiger partial charge in [0.2, 0.25) is 5.91 Å². The van der Waals surface area contributed by atoms with Crippen molar-refractivity contribution in [3.8, 4) is 5.75 Å². The Kier molecular flexibility index (Phi) is 4.35. The summed E-state index contributed by atoms with van der Waals surface area (Å²) in [7, 11) is 0. The van der Waals surface area contributed by atoms with Crippen LogP contribution in [0.15, 0.2) is 24.8 Å². The molecule has 0 aromatic heterocycles. The van der Waals surface area contributed by atoms with E-state index >= 15 is 0 Å². The Morgan fingerprint density at radius 2 is 2.14 bits per heavy atom.